The Morgan fingerprint density at radius 3 is 2.61 bits per heavy atom. The molecule has 0 bridgehead atoms. The molecule has 1 aromatic heterocycles. The van der Waals surface area contributed by atoms with E-state index in [0.29, 0.717) is 4.31 Å². The minimum Gasteiger partial charge on any atom is -0.476 e. The Morgan fingerprint density at radius 2 is 2.17 bits per heavy atom. The Bertz CT molecular complexity index is 629. The lowest BCUT2D eigenvalue weighted by atomic mass is 10.2. The molecule has 1 aromatic rings. The highest BCUT2D eigenvalue weighted by molar-refractivity contribution is 7.94. The molecule has 2 rings (SSSR count). The molecule has 18 heavy (non-hydrogen) atoms. The molecule has 1 saturated heterocycles. The molecule has 1 fully saturated rings. The van der Waals surface area contributed by atoms with Crippen LogP contribution in [0.1, 0.15) is 30.1 Å². The van der Waals surface area contributed by atoms with E-state index in [0.717, 1.165) is 6.07 Å². The molecule has 0 spiro atoms. The van der Waals surface area contributed by atoms with Gasteiger partial charge in [-0.3, -0.25) is 4.79 Å². The van der Waals surface area contributed by atoms with Gasteiger partial charge in [-0.1, -0.05) is 5.16 Å². The Hall–Kier alpha value is -1.90. The average Bonchev–Trinajstić information content (AvgIpc) is 2.73. The van der Waals surface area contributed by atoms with Gasteiger partial charge in [0.2, 0.25) is 0 Å². The van der Waals surface area contributed by atoms with Gasteiger partial charge in [0.15, 0.2) is 16.2 Å². The van der Waals surface area contributed by atoms with Crippen molar-refractivity contribution >= 4 is 21.9 Å². The number of carboxylic acid groups (broad SMARTS) is 1. The minimum absolute atomic E-state index is 0.000162. The fourth-order valence-electron chi connectivity index (χ4n) is 1.54. The van der Waals surface area contributed by atoms with Crippen LogP contribution in [0.3, 0.4) is 0 Å². The van der Waals surface area contributed by atoms with Crippen LogP contribution in [-0.4, -0.2) is 39.6 Å². The lowest BCUT2D eigenvalue weighted by molar-refractivity contribution is -0.132. The third-order valence-corrected chi connectivity index (χ3v) is 5.09. The lowest BCUT2D eigenvalue weighted by Crippen LogP contribution is -2.66. The standard InChI is InChI=1S/C9H10N2O6S/c1-9(2)8(14)11(18(9,15)16)4-5-3-6(7(12)13)10-17-5/h3H,4H2,1-2H3,(H,12,13). The number of aromatic nitrogens is 1. The van der Waals surface area contributed by atoms with E-state index in [-0.39, 0.29) is 18.0 Å². The maximum atomic E-state index is 11.8. The van der Waals surface area contributed by atoms with E-state index in [2.05, 4.69) is 9.68 Å². The van der Waals surface area contributed by atoms with E-state index in [1.165, 1.54) is 13.8 Å². The van der Waals surface area contributed by atoms with Crippen molar-refractivity contribution in [2.75, 3.05) is 0 Å². The number of carbonyl (C=O) groups is 2. The van der Waals surface area contributed by atoms with Crippen LogP contribution in [0, 0.1) is 0 Å². The van der Waals surface area contributed by atoms with Gasteiger partial charge in [-0.25, -0.2) is 17.5 Å². The van der Waals surface area contributed by atoms with Crippen molar-refractivity contribution < 1.29 is 27.6 Å². The first-order valence-electron chi connectivity index (χ1n) is 4.93. The highest BCUT2D eigenvalue weighted by Gasteiger charge is 2.60. The number of nitrogens with zero attached hydrogens (tertiary/aromatic N) is 2. The number of carboxylic acids is 1. The predicted octanol–water partition coefficient (Wildman–Crippen LogP) is -0.177. The molecular formula is C9H10N2O6S. The summed E-state index contributed by atoms with van der Waals surface area (Å²) in [7, 11) is -3.71. The van der Waals surface area contributed by atoms with Gasteiger partial charge in [0.05, 0.1) is 6.54 Å². The van der Waals surface area contributed by atoms with Crippen molar-refractivity contribution in [2.24, 2.45) is 0 Å². The number of hydrogen-bond donors (Lipinski definition) is 1. The molecule has 8 nitrogen and oxygen atoms in total. The Labute approximate surface area is 102 Å². The lowest BCUT2D eigenvalue weighted by Gasteiger charge is -2.42. The number of carbonyl (C=O) groups excluding carboxylic acids is 1. The van der Waals surface area contributed by atoms with Gasteiger partial charge in [-0.2, -0.15) is 0 Å². The van der Waals surface area contributed by atoms with Crippen LogP contribution in [0.2, 0.25) is 0 Å². The second kappa shape index (κ2) is 3.55. The molecule has 9 heteroatoms. The summed E-state index contributed by atoms with van der Waals surface area (Å²) in [5, 5.41) is 11.8. The van der Waals surface area contributed by atoms with Crippen LogP contribution in [0.25, 0.3) is 0 Å². The molecule has 1 aliphatic rings. The summed E-state index contributed by atoms with van der Waals surface area (Å²) < 4.78 is 27.4. The summed E-state index contributed by atoms with van der Waals surface area (Å²) in [5.74, 6) is -1.85. The van der Waals surface area contributed by atoms with Gasteiger partial charge < -0.3 is 9.63 Å². The Balaban J connectivity index is 2.21. The SMILES string of the molecule is CC1(C)C(=O)N(Cc2cc(C(=O)O)no2)S1(=O)=O. The van der Waals surface area contributed by atoms with Gasteiger partial charge in [-0.15, -0.1) is 0 Å². The Kier molecular flexibility index (Phi) is 2.47. The van der Waals surface area contributed by atoms with Crippen molar-refractivity contribution in [1.29, 1.82) is 0 Å². The first-order valence-corrected chi connectivity index (χ1v) is 6.37. The Morgan fingerprint density at radius 1 is 1.56 bits per heavy atom. The zero-order valence-corrected chi connectivity index (χ0v) is 10.4. The van der Waals surface area contributed by atoms with Crippen LogP contribution in [0.5, 0.6) is 0 Å². The number of amides is 1. The van der Waals surface area contributed by atoms with E-state index < -0.39 is 26.6 Å². The first kappa shape index (κ1) is 12.6. The van der Waals surface area contributed by atoms with Crippen LogP contribution >= 0.6 is 0 Å². The van der Waals surface area contributed by atoms with Gasteiger partial charge in [-0.05, 0) is 13.8 Å². The fourth-order valence-corrected chi connectivity index (χ4v) is 3.04. The van der Waals surface area contributed by atoms with Gasteiger partial charge in [0.1, 0.15) is 0 Å². The van der Waals surface area contributed by atoms with Crippen molar-refractivity contribution in [3.63, 3.8) is 0 Å². The molecule has 0 aliphatic carbocycles. The number of sulfonamides is 1. The third kappa shape index (κ3) is 1.50. The third-order valence-electron chi connectivity index (χ3n) is 2.75. The van der Waals surface area contributed by atoms with Crippen LogP contribution in [0.15, 0.2) is 10.6 Å². The largest absolute Gasteiger partial charge is 0.476 e. The number of rotatable bonds is 3. The van der Waals surface area contributed by atoms with E-state index in [1.807, 2.05) is 0 Å². The van der Waals surface area contributed by atoms with Crippen LogP contribution in [0.4, 0.5) is 0 Å². The highest BCUT2D eigenvalue weighted by atomic mass is 32.2. The molecule has 0 radical (unpaired) electrons. The van der Waals surface area contributed by atoms with E-state index in [4.69, 9.17) is 5.11 Å². The molecule has 0 atom stereocenters. The molecular weight excluding hydrogens is 264 g/mol. The van der Waals surface area contributed by atoms with Crippen LogP contribution < -0.4 is 0 Å². The fraction of sp³-hybridized carbons (Fsp3) is 0.444. The molecule has 0 unspecified atom stereocenters. The predicted molar refractivity (Wildman–Crippen MR) is 57.0 cm³/mol. The van der Waals surface area contributed by atoms with Crippen molar-refractivity contribution in [3.8, 4) is 0 Å². The summed E-state index contributed by atoms with van der Waals surface area (Å²) in [6, 6.07) is 1.08. The second-order valence-electron chi connectivity index (χ2n) is 4.31. The summed E-state index contributed by atoms with van der Waals surface area (Å²) in [6.07, 6.45) is 0. The maximum absolute atomic E-state index is 11.8. The quantitative estimate of drug-likeness (QED) is 0.812. The normalized spacial score (nSPS) is 20.6. The van der Waals surface area contributed by atoms with Gasteiger partial charge in [0, 0.05) is 6.07 Å². The molecule has 2 heterocycles. The molecule has 1 amide bonds. The molecule has 1 N–H and O–H groups in total. The molecule has 1 aliphatic heterocycles. The molecule has 0 aromatic carbocycles. The summed E-state index contributed by atoms with van der Waals surface area (Å²) in [4.78, 5) is 22.2. The maximum Gasteiger partial charge on any atom is 0.358 e. The van der Waals surface area contributed by atoms with Crippen molar-refractivity contribution in [3.05, 3.63) is 17.5 Å². The van der Waals surface area contributed by atoms with E-state index in [1.54, 1.807) is 0 Å². The van der Waals surface area contributed by atoms with E-state index in [9.17, 15) is 18.0 Å². The number of aromatic carboxylic acids is 1. The first-order chi connectivity index (χ1) is 8.18. The smallest absolute Gasteiger partial charge is 0.358 e. The zero-order valence-electron chi connectivity index (χ0n) is 9.58. The van der Waals surface area contributed by atoms with Gasteiger partial charge >= 0.3 is 5.97 Å². The highest BCUT2D eigenvalue weighted by Crippen LogP contribution is 2.35. The zero-order chi connectivity index (χ0) is 13.7. The molecule has 0 saturated carbocycles. The van der Waals surface area contributed by atoms with Gasteiger partial charge in [0.25, 0.3) is 15.9 Å². The molecule has 98 valence electrons. The van der Waals surface area contributed by atoms with Crippen molar-refractivity contribution in [2.45, 2.75) is 25.1 Å². The number of hydrogen-bond acceptors (Lipinski definition) is 6. The van der Waals surface area contributed by atoms with E-state index >= 15 is 0 Å². The monoisotopic (exact) mass is 274 g/mol. The summed E-state index contributed by atoms with van der Waals surface area (Å²) >= 11 is 0. The summed E-state index contributed by atoms with van der Waals surface area (Å²) in [6.45, 7) is 2.28. The second-order valence-corrected chi connectivity index (χ2v) is 6.72. The topological polar surface area (TPSA) is 118 Å². The van der Waals surface area contributed by atoms with Crippen LogP contribution in [-0.2, 0) is 21.4 Å². The summed E-state index contributed by atoms with van der Waals surface area (Å²) in [5.41, 5.74) is -0.338. The van der Waals surface area contributed by atoms with Crippen molar-refractivity contribution in [1.82, 2.24) is 9.46 Å². The average molecular weight is 274 g/mol. The minimum atomic E-state index is -3.71.